The van der Waals surface area contributed by atoms with Crippen LogP contribution in [0.4, 0.5) is 0 Å². The maximum Gasteiger partial charge on any atom is 0.0809 e. The van der Waals surface area contributed by atoms with Crippen molar-refractivity contribution < 1.29 is 9.47 Å². The lowest BCUT2D eigenvalue weighted by Crippen LogP contribution is -2.37. The second-order valence-electron chi connectivity index (χ2n) is 5.59. The predicted octanol–water partition coefficient (Wildman–Crippen LogP) is 2.34. The van der Waals surface area contributed by atoms with Crippen LogP contribution in [0.25, 0.3) is 0 Å². The van der Waals surface area contributed by atoms with Crippen LogP contribution in [0.15, 0.2) is 0 Å². The highest BCUT2D eigenvalue weighted by Gasteiger charge is 2.30. The van der Waals surface area contributed by atoms with Crippen molar-refractivity contribution in [3.05, 3.63) is 0 Å². The van der Waals surface area contributed by atoms with Gasteiger partial charge in [0.05, 0.1) is 18.8 Å². The van der Waals surface area contributed by atoms with Gasteiger partial charge in [0.2, 0.25) is 0 Å². The molecule has 4 atom stereocenters. The summed E-state index contributed by atoms with van der Waals surface area (Å²) in [5.41, 5.74) is 5.85. The Kier molecular flexibility index (Phi) is 5.26. The van der Waals surface area contributed by atoms with E-state index < -0.39 is 0 Å². The predicted molar refractivity (Wildman–Crippen MR) is 68.9 cm³/mol. The Bertz CT molecular complexity index is 216. The van der Waals surface area contributed by atoms with E-state index in [0.717, 1.165) is 32.1 Å². The van der Waals surface area contributed by atoms with E-state index in [1.807, 2.05) is 0 Å². The summed E-state index contributed by atoms with van der Waals surface area (Å²) in [5, 5.41) is 0. The third-order valence-electron chi connectivity index (χ3n) is 4.44. The molecule has 0 radical (unpaired) electrons. The number of hydrogen-bond donors (Lipinski definition) is 1. The topological polar surface area (TPSA) is 44.5 Å². The summed E-state index contributed by atoms with van der Waals surface area (Å²) in [5.74, 6) is 1.41. The molecule has 0 bridgehead atoms. The molecule has 2 fully saturated rings. The fourth-order valence-corrected chi connectivity index (χ4v) is 3.13. The summed E-state index contributed by atoms with van der Waals surface area (Å²) in [6.07, 6.45) is 8.12. The Hall–Kier alpha value is -0.120. The molecule has 1 aliphatic heterocycles. The molecule has 2 rings (SSSR count). The molecular formula is C14H27NO2. The van der Waals surface area contributed by atoms with Crippen LogP contribution < -0.4 is 5.73 Å². The van der Waals surface area contributed by atoms with Crippen molar-refractivity contribution in [1.29, 1.82) is 0 Å². The first kappa shape index (κ1) is 13.3. The molecule has 0 aromatic heterocycles. The highest BCUT2D eigenvalue weighted by molar-refractivity contribution is 4.81. The minimum absolute atomic E-state index is 0.343. The molecule has 3 nitrogen and oxygen atoms in total. The van der Waals surface area contributed by atoms with Gasteiger partial charge in [0.15, 0.2) is 0 Å². The zero-order valence-electron chi connectivity index (χ0n) is 11.1. The van der Waals surface area contributed by atoms with Gasteiger partial charge in [-0.3, -0.25) is 0 Å². The molecule has 1 heterocycles. The fraction of sp³-hybridized carbons (Fsp3) is 1.00. The molecule has 100 valence electrons. The van der Waals surface area contributed by atoms with Gasteiger partial charge in [0.1, 0.15) is 0 Å². The van der Waals surface area contributed by atoms with E-state index in [2.05, 4.69) is 6.92 Å². The third-order valence-corrected chi connectivity index (χ3v) is 4.44. The van der Waals surface area contributed by atoms with E-state index >= 15 is 0 Å². The van der Waals surface area contributed by atoms with Gasteiger partial charge in [-0.25, -0.2) is 0 Å². The van der Waals surface area contributed by atoms with Crippen LogP contribution in [0.5, 0.6) is 0 Å². The van der Waals surface area contributed by atoms with Crippen LogP contribution in [0, 0.1) is 11.8 Å². The molecule has 4 unspecified atom stereocenters. The van der Waals surface area contributed by atoms with Crippen molar-refractivity contribution in [3.63, 3.8) is 0 Å². The molecule has 0 amide bonds. The van der Waals surface area contributed by atoms with Crippen molar-refractivity contribution in [2.75, 3.05) is 19.8 Å². The van der Waals surface area contributed by atoms with E-state index in [4.69, 9.17) is 15.2 Å². The van der Waals surface area contributed by atoms with Crippen LogP contribution in [0.1, 0.15) is 45.4 Å². The Morgan fingerprint density at radius 1 is 1.29 bits per heavy atom. The van der Waals surface area contributed by atoms with Gasteiger partial charge in [0, 0.05) is 6.61 Å². The average molecular weight is 241 g/mol. The minimum atomic E-state index is 0.343. The third kappa shape index (κ3) is 3.67. The highest BCUT2D eigenvalue weighted by Crippen LogP contribution is 2.32. The van der Waals surface area contributed by atoms with Crippen molar-refractivity contribution in [2.24, 2.45) is 17.6 Å². The first-order valence-corrected chi connectivity index (χ1v) is 7.26. The number of hydrogen-bond acceptors (Lipinski definition) is 3. The molecule has 0 aromatic carbocycles. The fourth-order valence-electron chi connectivity index (χ4n) is 3.13. The molecule has 17 heavy (non-hydrogen) atoms. The van der Waals surface area contributed by atoms with Gasteiger partial charge < -0.3 is 15.2 Å². The van der Waals surface area contributed by atoms with Crippen LogP contribution >= 0.6 is 0 Å². The molecule has 2 aliphatic rings. The van der Waals surface area contributed by atoms with Crippen molar-refractivity contribution in [1.82, 2.24) is 0 Å². The van der Waals surface area contributed by atoms with Gasteiger partial charge in [-0.05, 0) is 50.5 Å². The quantitative estimate of drug-likeness (QED) is 0.803. The maximum atomic E-state index is 6.10. The summed E-state index contributed by atoms with van der Waals surface area (Å²) < 4.78 is 11.7. The molecule has 2 N–H and O–H groups in total. The van der Waals surface area contributed by atoms with E-state index in [-0.39, 0.29) is 0 Å². The second kappa shape index (κ2) is 6.72. The second-order valence-corrected chi connectivity index (χ2v) is 5.59. The molecule has 1 aliphatic carbocycles. The monoisotopic (exact) mass is 241 g/mol. The summed E-state index contributed by atoms with van der Waals surface area (Å²) in [4.78, 5) is 0. The first-order chi connectivity index (χ1) is 8.33. The van der Waals surface area contributed by atoms with E-state index in [1.54, 1.807) is 0 Å². The Labute approximate surface area is 105 Å². The normalized spacial score (nSPS) is 38.5. The van der Waals surface area contributed by atoms with Crippen molar-refractivity contribution >= 4 is 0 Å². The van der Waals surface area contributed by atoms with Crippen molar-refractivity contribution in [2.45, 2.75) is 57.7 Å². The van der Waals surface area contributed by atoms with Gasteiger partial charge in [0.25, 0.3) is 0 Å². The molecule has 1 saturated heterocycles. The van der Waals surface area contributed by atoms with E-state index in [9.17, 15) is 0 Å². The van der Waals surface area contributed by atoms with Gasteiger partial charge in [-0.2, -0.15) is 0 Å². The molecule has 0 spiro atoms. The van der Waals surface area contributed by atoms with E-state index in [1.165, 1.54) is 32.1 Å². The largest absolute Gasteiger partial charge is 0.376 e. The summed E-state index contributed by atoms with van der Waals surface area (Å²) in [6.45, 7) is 4.74. The van der Waals surface area contributed by atoms with Crippen LogP contribution in [0.3, 0.4) is 0 Å². The molecule has 0 aromatic rings. The summed E-state index contributed by atoms with van der Waals surface area (Å²) >= 11 is 0. The number of rotatable bonds is 5. The van der Waals surface area contributed by atoms with Crippen molar-refractivity contribution in [3.8, 4) is 0 Å². The van der Waals surface area contributed by atoms with Crippen LogP contribution in [-0.2, 0) is 9.47 Å². The summed E-state index contributed by atoms with van der Waals surface area (Å²) in [6, 6.07) is 0. The number of ether oxygens (including phenoxy) is 2. The highest BCUT2D eigenvalue weighted by atomic mass is 16.5. The maximum absolute atomic E-state index is 6.10. The molecule has 1 saturated carbocycles. The average Bonchev–Trinajstić information content (AvgIpc) is 2.89. The standard InChI is InChI=1S/C14H27NO2/c1-2-11-5-6-12(9-15)14(8-11)17-10-13-4-3-7-16-13/h11-14H,2-10,15H2,1H3. The van der Waals surface area contributed by atoms with Crippen LogP contribution in [-0.4, -0.2) is 32.0 Å². The first-order valence-electron chi connectivity index (χ1n) is 7.26. The van der Waals surface area contributed by atoms with Gasteiger partial charge >= 0.3 is 0 Å². The lowest BCUT2D eigenvalue weighted by Gasteiger charge is -2.35. The smallest absolute Gasteiger partial charge is 0.0809 e. The van der Waals surface area contributed by atoms with Crippen LogP contribution in [0.2, 0.25) is 0 Å². The van der Waals surface area contributed by atoms with Gasteiger partial charge in [-0.1, -0.05) is 13.3 Å². The Morgan fingerprint density at radius 2 is 2.18 bits per heavy atom. The molecule has 3 heteroatoms. The zero-order chi connectivity index (χ0) is 12.1. The minimum Gasteiger partial charge on any atom is -0.376 e. The number of nitrogens with two attached hydrogens (primary N) is 1. The Morgan fingerprint density at radius 3 is 2.82 bits per heavy atom. The Balaban J connectivity index is 1.77. The lowest BCUT2D eigenvalue weighted by molar-refractivity contribution is -0.0634. The summed E-state index contributed by atoms with van der Waals surface area (Å²) in [7, 11) is 0. The molecular weight excluding hydrogens is 214 g/mol. The SMILES string of the molecule is CCC1CCC(CN)C(OCC2CCCO2)C1. The van der Waals surface area contributed by atoms with Gasteiger partial charge in [-0.15, -0.1) is 0 Å². The zero-order valence-corrected chi connectivity index (χ0v) is 11.1. The lowest BCUT2D eigenvalue weighted by atomic mass is 9.78. The van der Waals surface area contributed by atoms with E-state index in [0.29, 0.717) is 18.1 Å².